The molecule has 22 heavy (non-hydrogen) atoms. The van der Waals surface area contributed by atoms with Crippen molar-refractivity contribution in [1.82, 2.24) is 4.90 Å². The van der Waals surface area contributed by atoms with E-state index in [0.29, 0.717) is 13.0 Å². The molecule has 4 heteroatoms. The van der Waals surface area contributed by atoms with Gasteiger partial charge >= 0.3 is 0 Å². The van der Waals surface area contributed by atoms with E-state index in [1.54, 1.807) is 26.2 Å². The third kappa shape index (κ3) is 4.01. The predicted octanol–water partition coefficient (Wildman–Crippen LogP) is 2.90. The average Bonchev–Trinajstić information content (AvgIpc) is 2.56. The fraction of sp³-hybridized carbons (Fsp3) is 0.278. The van der Waals surface area contributed by atoms with Crippen molar-refractivity contribution in [2.24, 2.45) is 0 Å². The Morgan fingerprint density at radius 1 is 1.05 bits per heavy atom. The molecule has 0 atom stereocenters. The lowest BCUT2D eigenvalue weighted by Crippen LogP contribution is -2.27. The van der Waals surface area contributed by atoms with Gasteiger partial charge in [-0.05, 0) is 17.7 Å². The molecule has 0 unspecified atom stereocenters. The number of hydrogen-bond acceptors (Lipinski definition) is 3. The fourth-order valence-electron chi connectivity index (χ4n) is 2.23. The molecule has 2 aromatic carbocycles. The molecular formula is C18H21NO3. The zero-order valence-electron chi connectivity index (χ0n) is 13.2. The summed E-state index contributed by atoms with van der Waals surface area (Å²) in [7, 11) is 5.03. The summed E-state index contributed by atoms with van der Waals surface area (Å²) < 4.78 is 10.6. The highest BCUT2D eigenvalue weighted by Crippen LogP contribution is 2.25. The highest BCUT2D eigenvalue weighted by atomic mass is 16.5. The van der Waals surface area contributed by atoms with E-state index < -0.39 is 0 Å². The largest absolute Gasteiger partial charge is 0.497 e. The van der Waals surface area contributed by atoms with Gasteiger partial charge in [0.05, 0.1) is 20.6 Å². The molecule has 0 aliphatic carbocycles. The van der Waals surface area contributed by atoms with Gasteiger partial charge in [-0.1, -0.05) is 30.3 Å². The van der Waals surface area contributed by atoms with Gasteiger partial charge in [0, 0.05) is 25.2 Å². The molecule has 0 aromatic heterocycles. The smallest absolute Gasteiger partial charge is 0.227 e. The molecule has 2 rings (SSSR count). The maximum atomic E-state index is 12.3. The minimum atomic E-state index is 0.0732. The van der Waals surface area contributed by atoms with Crippen molar-refractivity contribution >= 4 is 5.91 Å². The van der Waals surface area contributed by atoms with Crippen molar-refractivity contribution in [2.75, 3.05) is 21.3 Å². The average molecular weight is 299 g/mol. The topological polar surface area (TPSA) is 38.8 Å². The molecule has 0 bridgehead atoms. The minimum Gasteiger partial charge on any atom is -0.497 e. The second-order valence-electron chi connectivity index (χ2n) is 5.09. The van der Waals surface area contributed by atoms with Crippen molar-refractivity contribution in [3.8, 4) is 11.5 Å². The van der Waals surface area contributed by atoms with E-state index in [9.17, 15) is 4.79 Å². The molecule has 0 aliphatic heterocycles. The monoisotopic (exact) mass is 299 g/mol. The number of amides is 1. The number of rotatable bonds is 6. The molecule has 0 heterocycles. The summed E-state index contributed by atoms with van der Waals surface area (Å²) in [5.74, 6) is 1.53. The van der Waals surface area contributed by atoms with Gasteiger partial charge in [-0.25, -0.2) is 0 Å². The molecule has 1 amide bonds. The van der Waals surface area contributed by atoms with Crippen molar-refractivity contribution in [3.05, 3.63) is 59.7 Å². The van der Waals surface area contributed by atoms with E-state index in [0.717, 1.165) is 22.6 Å². The molecule has 0 aliphatic rings. The molecule has 0 spiro atoms. The van der Waals surface area contributed by atoms with Crippen LogP contribution in [0.25, 0.3) is 0 Å². The molecule has 0 saturated heterocycles. The van der Waals surface area contributed by atoms with Crippen LogP contribution in [0.15, 0.2) is 48.5 Å². The summed E-state index contributed by atoms with van der Waals surface area (Å²) in [6.07, 6.45) is 0.399. The maximum Gasteiger partial charge on any atom is 0.227 e. The first-order valence-electron chi connectivity index (χ1n) is 7.13. The number of ether oxygens (including phenoxy) is 2. The quantitative estimate of drug-likeness (QED) is 0.823. The Balaban J connectivity index is 2.05. The van der Waals surface area contributed by atoms with Crippen molar-refractivity contribution in [1.29, 1.82) is 0 Å². The van der Waals surface area contributed by atoms with Gasteiger partial charge in [-0.3, -0.25) is 4.79 Å². The zero-order valence-corrected chi connectivity index (χ0v) is 13.2. The van der Waals surface area contributed by atoms with Crippen LogP contribution in [-0.4, -0.2) is 32.1 Å². The maximum absolute atomic E-state index is 12.3. The number of carbonyl (C=O) groups is 1. The first-order valence-corrected chi connectivity index (χ1v) is 7.13. The van der Waals surface area contributed by atoms with Crippen LogP contribution in [0, 0.1) is 0 Å². The van der Waals surface area contributed by atoms with Crippen LogP contribution in [0.3, 0.4) is 0 Å². The van der Waals surface area contributed by atoms with Crippen LogP contribution >= 0.6 is 0 Å². The SMILES string of the molecule is COc1ccc(CN(C)C(=O)Cc2ccccc2)c(OC)c1. The molecule has 4 nitrogen and oxygen atoms in total. The standard InChI is InChI=1S/C18H21NO3/c1-19(18(20)11-14-7-5-4-6-8-14)13-15-9-10-16(21-2)12-17(15)22-3/h4-10,12H,11,13H2,1-3H3. The molecule has 0 radical (unpaired) electrons. The van der Waals surface area contributed by atoms with E-state index in [4.69, 9.17) is 9.47 Å². The Hall–Kier alpha value is -2.49. The summed E-state index contributed by atoms with van der Waals surface area (Å²) in [4.78, 5) is 14.0. The number of likely N-dealkylation sites (N-methyl/N-ethyl adjacent to an activating group) is 1. The van der Waals surface area contributed by atoms with Crippen LogP contribution < -0.4 is 9.47 Å². The Kier molecular flexibility index (Phi) is 5.42. The van der Waals surface area contributed by atoms with E-state index >= 15 is 0 Å². The third-order valence-corrected chi connectivity index (χ3v) is 3.53. The number of carbonyl (C=O) groups excluding carboxylic acids is 1. The normalized spacial score (nSPS) is 10.1. The van der Waals surface area contributed by atoms with Gasteiger partial charge < -0.3 is 14.4 Å². The Morgan fingerprint density at radius 2 is 1.77 bits per heavy atom. The number of benzene rings is 2. The summed E-state index contributed by atoms with van der Waals surface area (Å²) >= 11 is 0. The van der Waals surface area contributed by atoms with Gasteiger partial charge in [-0.2, -0.15) is 0 Å². The van der Waals surface area contributed by atoms with Gasteiger partial charge in [0.25, 0.3) is 0 Å². The first kappa shape index (κ1) is 15.9. The van der Waals surface area contributed by atoms with Crippen molar-refractivity contribution < 1.29 is 14.3 Å². The lowest BCUT2D eigenvalue weighted by Gasteiger charge is -2.19. The van der Waals surface area contributed by atoms with Gasteiger partial charge in [-0.15, -0.1) is 0 Å². The summed E-state index contributed by atoms with van der Waals surface area (Å²) in [6, 6.07) is 15.4. The van der Waals surface area contributed by atoms with Crippen LogP contribution in [0.4, 0.5) is 0 Å². The van der Waals surface area contributed by atoms with Gasteiger partial charge in [0.15, 0.2) is 0 Å². The molecule has 0 saturated carbocycles. The second-order valence-corrected chi connectivity index (χ2v) is 5.09. The zero-order chi connectivity index (χ0) is 15.9. The van der Waals surface area contributed by atoms with Crippen molar-refractivity contribution in [3.63, 3.8) is 0 Å². The van der Waals surface area contributed by atoms with E-state index in [1.165, 1.54) is 0 Å². The molecular weight excluding hydrogens is 278 g/mol. The highest BCUT2D eigenvalue weighted by molar-refractivity contribution is 5.78. The lowest BCUT2D eigenvalue weighted by atomic mass is 10.1. The highest BCUT2D eigenvalue weighted by Gasteiger charge is 2.13. The molecule has 116 valence electrons. The van der Waals surface area contributed by atoms with Crippen molar-refractivity contribution in [2.45, 2.75) is 13.0 Å². The Labute approximate surface area is 131 Å². The van der Waals surface area contributed by atoms with E-state index in [2.05, 4.69) is 0 Å². The van der Waals surface area contributed by atoms with Crippen LogP contribution in [-0.2, 0) is 17.8 Å². The summed E-state index contributed by atoms with van der Waals surface area (Å²) in [5, 5.41) is 0. The predicted molar refractivity (Wildman–Crippen MR) is 86.2 cm³/mol. The fourth-order valence-corrected chi connectivity index (χ4v) is 2.23. The number of nitrogens with zero attached hydrogens (tertiary/aromatic N) is 1. The van der Waals surface area contributed by atoms with E-state index in [1.807, 2.05) is 48.5 Å². The first-order chi connectivity index (χ1) is 10.6. The Bertz CT molecular complexity index is 625. The van der Waals surface area contributed by atoms with Gasteiger partial charge in [0.1, 0.15) is 11.5 Å². The second kappa shape index (κ2) is 7.50. The minimum absolute atomic E-state index is 0.0732. The third-order valence-electron chi connectivity index (χ3n) is 3.53. The molecule has 0 fully saturated rings. The Morgan fingerprint density at radius 3 is 2.41 bits per heavy atom. The molecule has 0 N–H and O–H groups in total. The van der Waals surface area contributed by atoms with E-state index in [-0.39, 0.29) is 5.91 Å². The summed E-state index contributed by atoms with van der Waals surface area (Å²) in [6.45, 7) is 0.499. The summed E-state index contributed by atoms with van der Waals surface area (Å²) in [5.41, 5.74) is 1.97. The van der Waals surface area contributed by atoms with Gasteiger partial charge in [0.2, 0.25) is 5.91 Å². The van der Waals surface area contributed by atoms with Crippen LogP contribution in [0.5, 0.6) is 11.5 Å². The van der Waals surface area contributed by atoms with Crippen LogP contribution in [0.1, 0.15) is 11.1 Å². The molecule has 2 aromatic rings. The number of methoxy groups -OCH3 is 2. The number of hydrogen-bond donors (Lipinski definition) is 0. The lowest BCUT2D eigenvalue weighted by molar-refractivity contribution is -0.129. The van der Waals surface area contributed by atoms with Crippen LogP contribution in [0.2, 0.25) is 0 Å².